The van der Waals surface area contributed by atoms with E-state index in [1.807, 2.05) is 6.92 Å². The standard InChI is InChI=1S/C12H17NO4/c1-8-6-9(14)13(10(15)7-8)12(11(16)17)4-2-3-5-12/h8H,2-7H2,1H3,(H,16,17). The Kier molecular flexibility index (Phi) is 2.93. The van der Waals surface area contributed by atoms with Crippen LogP contribution in [0.1, 0.15) is 45.4 Å². The summed E-state index contributed by atoms with van der Waals surface area (Å²) in [5.74, 6) is -1.65. The molecule has 5 nitrogen and oxygen atoms in total. The molecule has 2 rings (SSSR count). The van der Waals surface area contributed by atoms with E-state index in [0.717, 1.165) is 17.7 Å². The topological polar surface area (TPSA) is 74.7 Å². The van der Waals surface area contributed by atoms with Crippen LogP contribution in [-0.2, 0) is 14.4 Å². The minimum Gasteiger partial charge on any atom is -0.479 e. The molecule has 0 spiro atoms. The summed E-state index contributed by atoms with van der Waals surface area (Å²) in [7, 11) is 0. The van der Waals surface area contributed by atoms with Crippen LogP contribution in [-0.4, -0.2) is 33.3 Å². The summed E-state index contributed by atoms with van der Waals surface area (Å²) in [4.78, 5) is 36.4. The monoisotopic (exact) mass is 239 g/mol. The number of likely N-dealkylation sites (tertiary alicyclic amines) is 1. The summed E-state index contributed by atoms with van der Waals surface area (Å²) in [5.41, 5.74) is -1.26. The molecular formula is C12H17NO4. The van der Waals surface area contributed by atoms with Crippen molar-refractivity contribution < 1.29 is 19.5 Å². The molecule has 0 radical (unpaired) electrons. The molecule has 0 aromatic carbocycles. The fourth-order valence-electron chi connectivity index (χ4n) is 2.96. The largest absolute Gasteiger partial charge is 0.479 e. The smallest absolute Gasteiger partial charge is 0.330 e. The van der Waals surface area contributed by atoms with Gasteiger partial charge in [0.15, 0.2) is 0 Å². The van der Waals surface area contributed by atoms with E-state index in [1.54, 1.807) is 0 Å². The first-order valence-corrected chi connectivity index (χ1v) is 6.06. The number of carboxylic acids is 1. The molecule has 0 aromatic heterocycles. The second-order valence-electron chi connectivity index (χ2n) is 5.18. The normalized spacial score (nSPS) is 25.4. The molecule has 1 aliphatic carbocycles. The summed E-state index contributed by atoms with van der Waals surface area (Å²) in [5, 5.41) is 9.37. The summed E-state index contributed by atoms with van der Waals surface area (Å²) in [6.07, 6.45) is 2.88. The van der Waals surface area contributed by atoms with Crippen molar-refractivity contribution in [3.63, 3.8) is 0 Å². The van der Waals surface area contributed by atoms with E-state index >= 15 is 0 Å². The number of carboxylic acid groups (broad SMARTS) is 1. The average Bonchev–Trinajstić information content (AvgIpc) is 2.66. The van der Waals surface area contributed by atoms with Gasteiger partial charge in [0, 0.05) is 12.8 Å². The first-order chi connectivity index (χ1) is 7.97. The van der Waals surface area contributed by atoms with Gasteiger partial charge in [0.05, 0.1) is 0 Å². The Labute approximate surface area is 99.8 Å². The van der Waals surface area contributed by atoms with Gasteiger partial charge < -0.3 is 5.11 Å². The van der Waals surface area contributed by atoms with Gasteiger partial charge in [-0.25, -0.2) is 4.79 Å². The number of nitrogens with zero attached hydrogens (tertiary/aromatic N) is 1. The summed E-state index contributed by atoms with van der Waals surface area (Å²) in [6.45, 7) is 1.84. The Balaban J connectivity index is 2.33. The van der Waals surface area contributed by atoms with Crippen LogP contribution in [0.25, 0.3) is 0 Å². The maximum Gasteiger partial charge on any atom is 0.330 e. The molecule has 5 heteroatoms. The van der Waals surface area contributed by atoms with Crippen LogP contribution in [0.3, 0.4) is 0 Å². The predicted octanol–water partition coefficient (Wildman–Crippen LogP) is 1.17. The molecule has 0 bridgehead atoms. The van der Waals surface area contributed by atoms with Crippen molar-refractivity contribution in [2.75, 3.05) is 0 Å². The third-order valence-corrected chi connectivity index (χ3v) is 3.80. The molecule has 2 amide bonds. The van der Waals surface area contributed by atoms with E-state index in [-0.39, 0.29) is 30.6 Å². The zero-order valence-electron chi connectivity index (χ0n) is 9.94. The Morgan fingerprint density at radius 2 is 1.71 bits per heavy atom. The zero-order valence-corrected chi connectivity index (χ0v) is 9.94. The van der Waals surface area contributed by atoms with Gasteiger partial charge in [-0.05, 0) is 18.8 Å². The second-order valence-corrected chi connectivity index (χ2v) is 5.18. The number of amides is 2. The Morgan fingerprint density at radius 3 is 2.12 bits per heavy atom. The van der Waals surface area contributed by atoms with Crippen molar-refractivity contribution in [1.82, 2.24) is 4.90 Å². The third-order valence-electron chi connectivity index (χ3n) is 3.80. The number of carbonyl (C=O) groups is 3. The molecule has 0 unspecified atom stereocenters. The lowest BCUT2D eigenvalue weighted by Gasteiger charge is -2.39. The fourth-order valence-corrected chi connectivity index (χ4v) is 2.96. The van der Waals surface area contributed by atoms with Gasteiger partial charge in [-0.2, -0.15) is 0 Å². The van der Waals surface area contributed by atoms with Crippen molar-refractivity contribution >= 4 is 17.8 Å². The van der Waals surface area contributed by atoms with Crippen LogP contribution in [0.4, 0.5) is 0 Å². The lowest BCUT2D eigenvalue weighted by molar-refractivity contribution is -0.169. The number of hydrogen-bond acceptors (Lipinski definition) is 3. The molecular weight excluding hydrogens is 222 g/mol. The van der Waals surface area contributed by atoms with E-state index in [1.165, 1.54) is 0 Å². The number of imide groups is 1. The molecule has 94 valence electrons. The van der Waals surface area contributed by atoms with Crippen LogP contribution in [0.5, 0.6) is 0 Å². The molecule has 2 aliphatic rings. The van der Waals surface area contributed by atoms with Crippen molar-refractivity contribution in [3.8, 4) is 0 Å². The van der Waals surface area contributed by atoms with Crippen molar-refractivity contribution in [2.24, 2.45) is 5.92 Å². The Morgan fingerprint density at radius 1 is 1.24 bits per heavy atom. The summed E-state index contributed by atoms with van der Waals surface area (Å²) in [6, 6.07) is 0. The zero-order chi connectivity index (χ0) is 12.6. The molecule has 1 N–H and O–H groups in total. The molecule has 1 saturated carbocycles. The highest BCUT2D eigenvalue weighted by molar-refractivity contribution is 6.03. The molecule has 1 saturated heterocycles. The SMILES string of the molecule is CC1CC(=O)N(C2(C(=O)O)CCCC2)C(=O)C1. The van der Waals surface area contributed by atoms with E-state index < -0.39 is 11.5 Å². The van der Waals surface area contributed by atoms with Gasteiger partial charge in [0.25, 0.3) is 0 Å². The van der Waals surface area contributed by atoms with Crippen LogP contribution in [0.15, 0.2) is 0 Å². The highest BCUT2D eigenvalue weighted by Crippen LogP contribution is 2.38. The van der Waals surface area contributed by atoms with E-state index in [2.05, 4.69) is 0 Å². The van der Waals surface area contributed by atoms with Crippen LogP contribution < -0.4 is 0 Å². The lowest BCUT2D eigenvalue weighted by Crippen LogP contribution is -2.60. The van der Waals surface area contributed by atoms with Gasteiger partial charge >= 0.3 is 5.97 Å². The maximum absolute atomic E-state index is 12.0. The van der Waals surface area contributed by atoms with Crippen molar-refractivity contribution in [3.05, 3.63) is 0 Å². The maximum atomic E-state index is 12.0. The average molecular weight is 239 g/mol. The van der Waals surface area contributed by atoms with Crippen molar-refractivity contribution in [2.45, 2.75) is 51.0 Å². The molecule has 17 heavy (non-hydrogen) atoms. The van der Waals surface area contributed by atoms with Crippen molar-refractivity contribution in [1.29, 1.82) is 0 Å². The number of hydrogen-bond donors (Lipinski definition) is 1. The van der Waals surface area contributed by atoms with Gasteiger partial charge in [0.1, 0.15) is 5.54 Å². The lowest BCUT2D eigenvalue weighted by atomic mass is 9.88. The molecule has 0 aromatic rings. The molecule has 2 fully saturated rings. The minimum absolute atomic E-state index is 0.0264. The van der Waals surface area contributed by atoms with Crippen LogP contribution in [0, 0.1) is 5.92 Å². The molecule has 0 atom stereocenters. The third kappa shape index (κ3) is 1.83. The van der Waals surface area contributed by atoms with E-state index in [0.29, 0.717) is 12.8 Å². The Hall–Kier alpha value is -1.39. The quantitative estimate of drug-likeness (QED) is 0.734. The number of carbonyl (C=O) groups excluding carboxylic acids is 2. The minimum atomic E-state index is -1.26. The second kappa shape index (κ2) is 4.13. The highest BCUT2D eigenvalue weighted by atomic mass is 16.4. The highest BCUT2D eigenvalue weighted by Gasteiger charge is 2.52. The first kappa shape index (κ1) is 12.1. The molecule has 1 heterocycles. The fraction of sp³-hybridized carbons (Fsp3) is 0.750. The summed E-state index contributed by atoms with van der Waals surface area (Å²) < 4.78 is 0. The first-order valence-electron chi connectivity index (χ1n) is 6.06. The van der Waals surface area contributed by atoms with Gasteiger partial charge in [-0.3, -0.25) is 14.5 Å². The number of piperidine rings is 1. The van der Waals surface area contributed by atoms with Gasteiger partial charge in [-0.15, -0.1) is 0 Å². The Bertz CT molecular complexity index is 353. The van der Waals surface area contributed by atoms with Gasteiger partial charge in [0.2, 0.25) is 11.8 Å². The summed E-state index contributed by atoms with van der Waals surface area (Å²) >= 11 is 0. The number of aliphatic carboxylic acids is 1. The van der Waals surface area contributed by atoms with Crippen LogP contribution >= 0.6 is 0 Å². The predicted molar refractivity (Wildman–Crippen MR) is 59.1 cm³/mol. The van der Waals surface area contributed by atoms with E-state index in [9.17, 15) is 19.5 Å². The number of rotatable bonds is 2. The van der Waals surface area contributed by atoms with E-state index in [4.69, 9.17) is 0 Å². The van der Waals surface area contributed by atoms with Crippen LogP contribution in [0.2, 0.25) is 0 Å². The van der Waals surface area contributed by atoms with Gasteiger partial charge in [-0.1, -0.05) is 19.8 Å². The molecule has 1 aliphatic heterocycles.